The molecule has 0 unspecified atom stereocenters. The molecular formula is C23H19Cl2N3O3. The van der Waals surface area contributed by atoms with Crippen LogP contribution in [0.15, 0.2) is 71.9 Å². The molecule has 1 aliphatic heterocycles. The van der Waals surface area contributed by atoms with Gasteiger partial charge in [0.25, 0.3) is 5.91 Å². The van der Waals surface area contributed by atoms with Gasteiger partial charge in [-0.2, -0.15) is 0 Å². The lowest BCUT2D eigenvalue weighted by Gasteiger charge is -2.11. The second-order valence-corrected chi connectivity index (χ2v) is 7.49. The molecule has 0 saturated carbocycles. The molecule has 2 N–H and O–H groups in total. The van der Waals surface area contributed by atoms with E-state index in [-0.39, 0.29) is 39.4 Å². The molecule has 2 amide bonds. The highest BCUT2D eigenvalue weighted by Crippen LogP contribution is 2.24. The summed E-state index contributed by atoms with van der Waals surface area (Å²) >= 11 is 12.2. The summed E-state index contributed by atoms with van der Waals surface area (Å²) < 4.78 is 0. The molecule has 6 nitrogen and oxygen atoms in total. The van der Waals surface area contributed by atoms with Gasteiger partial charge in [0.2, 0.25) is 5.91 Å². The third-order valence-electron chi connectivity index (χ3n) is 4.52. The molecule has 0 aromatic heterocycles. The van der Waals surface area contributed by atoms with Gasteiger partial charge in [0.15, 0.2) is 5.78 Å². The number of hydrogen-bond donors (Lipinski definition) is 2. The number of hydrogen-bond acceptors (Lipinski definition) is 4. The lowest BCUT2D eigenvalue weighted by molar-refractivity contribution is -0.113. The molecule has 0 spiro atoms. The second-order valence-electron chi connectivity index (χ2n) is 6.67. The Labute approximate surface area is 189 Å². The van der Waals surface area contributed by atoms with E-state index in [1.165, 1.54) is 6.08 Å². The predicted octanol–water partition coefficient (Wildman–Crippen LogP) is 4.39. The molecule has 158 valence electrons. The molecule has 1 heterocycles. The Bertz CT molecular complexity index is 1100. The molecule has 0 radical (unpaired) electrons. The van der Waals surface area contributed by atoms with Crippen molar-refractivity contribution in [3.8, 4) is 0 Å². The number of allylic oxidation sites excluding steroid dienone is 1. The van der Waals surface area contributed by atoms with Crippen molar-refractivity contribution < 1.29 is 14.4 Å². The van der Waals surface area contributed by atoms with Crippen molar-refractivity contribution >= 4 is 52.2 Å². The van der Waals surface area contributed by atoms with E-state index in [0.717, 1.165) is 5.56 Å². The van der Waals surface area contributed by atoms with Gasteiger partial charge in [-0.3, -0.25) is 19.4 Å². The van der Waals surface area contributed by atoms with Gasteiger partial charge in [-0.25, -0.2) is 0 Å². The van der Waals surface area contributed by atoms with E-state index in [0.29, 0.717) is 24.4 Å². The standard InChI is InChI=1S/C23H19Cl2N3O3/c1-2-20(30)27-15-6-3-5-14(13-15)9-10-19(29)22-18(11-12-26-22)28-23(31)21-16(24)7-4-8-17(21)25/h2-8,11,13H,1,9-10,12H2,(H,27,30)(H,28,31). The SMILES string of the molecule is C=CC(=O)Nc1cccc(CCC(=O)C2=NCC=C2NC(=O)c2c(Cl)cccc2Cl)c1. The summed E-state index contributed by atoms with van der Waals surface area (Å²) in [6.07, 6.45) is 3.50. The fraction of sp³-hybridized carbons (Fsp3) is 0.130. The number of amides is 2. The number of halogens is 2. The molecule has 2 aromatic carbocycles. The second kappa shape index (κ2) is 10.2. The van der Waals surface area contributed by atoms with E-state index in [4.69, 9.17) is 23.2 Å². The van der Waals surface area contributed by atoms with Gasteiger partial charge >= 0.3 is 0 Å². The van der Waals surface area contributed by atoms with Crippen LogP contribution in [0.2, 0.25) is 10.0 Å². The zero-order valence-corrected chi connectivity index (χ0v) is 18.0. The van der Waals surface area contributed by atoms with Gasteiger partial charge in [-0.05, 0) is 48.4 Å². The van der Waals surface area contributed by atoms with Crippen molar-refractivity contribution in [3.63, 3.8) is 0 Å². The van der Waals surface area contributed by atoms with E-state index < -0.39 is 5.91 Å². The van der Waals surface area contributed by atoms with Crippen molar-refractivity contribution in [1.29, 1.82) is 0 Å². The number of aryl methyl sites for hydroxylation is 1. The number of carbonyl (C=O) groups is 3. The predicted molar refractivity (Wildman–Crippen MR) is 123 cm³/mol. The van der Waals surface area contributed by atoms with Crippen LogP contribution in [0.3, 0.4) is 0 Å². The number of rotatable bonds is 8. The summed E-state index contributed by atoms with van der Waals surface area (Å²) in [4.78, 5) is 41.0. The van der Waals surface area contributed by atoms with Crippen LogP contribution >= 0.6 is 23.2 Å². The number of aliphatic imine (C=N–C) groups is 1. The maximum Gasteiger partial charge on any atom is 0.258 e. The minimum atomic E-state index is -0.505. The largest absolute Gasteiger partial charge is 0.323 e. The smallest absolute Gasteiger partial charge is 0.258 e. The van der Waals surface area contributed by atoms with Crippen LogP contribution in [-0.4, -0.2) is 29.9 Å². The number of benzene rings is 2. The zero-order chi connectivity index (χ0) is 22.4. The number of ketones is 1. The topological polar surface area (TPSA) is 87.6 Å². The maximum atomic E-state index is 12.7. The van der Waals surface area contributed by atoms with Crippen LogP contribution in [0.25, 0.3) is 0 Å². The Balaban J connectivity index is 1.63. The Morgan fingerprint density at radius 2 is 1.77 bits per heavy atom. The summed E-state index contributed by atoms with van der Waals surface area (Å²) in [5.41, 5.74) is 2.21. The molecule has 0 saturated heterocycles. The minimum Gasteiger partial charge on any atom is -0.323 e. The number of carbonyl (C=O) groups excluding carboxylic acids is 3. The van der Waals surface area contributed by atoms with Crippen molar-refractivity contribution in [2.24, 2.45) is 4.99 Å². The first-order chi connectivity index (χ1) is 14.9. The molecule has 0 aliphatic carbocycles. The Kier molecular flexibility index (Phi) is 7.39. The van der Waals surface area contributed by atoms with Crippen LogP contribution in [0.1, 0.15) is 22.3 Å². The highest BCUT2D eigenvalue weighted by molar-refractivity contribution is 6.47. The van der Waals surface area contributed by atoms with Crippen LogP contribution in [0, 0.1) is 0 Å². The van der Waals surface area contributed by atoms with Gasteiger partial charge in [-0.15, -0.1) is 0 Å². The zero-order valence-electron chi connectivity index (χ0n) is 16.5. The fourth-order valence-electron chi connectivity index (χ4n) is 3.03. The Morgan fingerprint density at radius 1 is 1.06 bits per heavy atom. The van der Waals surface area contributed by atoms with Crippen LogP contribution < -0.4 is 10.6 Å². The first kappa shape index (κ1) is 22.5. The lowest BCUT2D eigenvalue weighted by atomic mass is 10.0. The Morgan fingerprint density at radius 3 is 2.48 bits per heavy atom. The van der Waals surface area contributed by atoms with Crippen LogP contribution in [0.5, 0.6) is 0 Å². The molecule has 2 aromatic rings. The summed E-state index contributed by atoms with van der Waals surface area (Å²) in [6.45, 7) is 3.72. The molecule has 0 bridgehead atoms. The van der Waals surface area contributed by atoms with Crippen LogP contribution in [0.4, 0.5) is 5.69 Å². The average molecular weight is 456 g/mol. The lowest BCUT2D eigenvalue weighted by Crippen LogP contribution is -2.30. The normalized spacial score (nSPS) is 12.6. The number of anilines is 1. The monoisotopic (exact) mass is 455 g/mol. The third-order valence-corrected chi connectivity index (χ3v) is 5.15. The van der Waals surface area contributed by atoms with Crippen molar-refractivity contribution in [2.75, 3.05) is 11.9 Å². The molecule has 8 heteroatoms. The summed E-state index contributed by atoms with van der Waals surface area (Å²) in [6, 6.07) is 12.0. The van der Waals surface area contributed by atoms with Gasteiger partial charge in [0.1, 0.15) is 5.71 Å². The molecule has 3 rings (SSSR count). The first-order valence-electron chi connectivity index (χ1n) is 9.45. The average Bonchev–Trinajstić information content (AvgIpc) is 3.20. The van der Waals surface area contributed by atoms with Gasteiger partial charge in [0.05, 0.1) is 27.9 Å². The Hall–Kier alpha value is -3.22. The quantitative estimate of drug-likeness (QED) is 0.578. The van der Waals surface area contributed by atoms with E-state index >= 15 is 0 Å². The van der Waals surface area contributed by atoms with Crippen molar-refractivity contribution in [1.82, 2.24) is 5.32 Å². The van der Waals surface area contributed by atoms with E-state index in [2.05, 4.69) is 22.2 Å². The highest BCUT2D eigenvalue weighted by atomic mass is 35.5. The highest BCUT2D eigenvalue weighted by Gasteiger charge is 2.23. The van der Waals surface area contributed by atoms with Gasteiger partial charge < -0.3 is 10.6 Å². The molecular weight excluding hydrogens is 437 g/mol. The number of nitrogens with zero attached hydrogens (tertiary/aromatic N) is 1. The molecule has 31 heavy (non-hydrogen) atoms. The fourth-order valence-corrected chi connectivity index (χ4v) is 3.60. The summed E-state index contributed by atoms with van der Waals surface area (Å²) in [7, 11) is 0. The van der Waals surface area contributed by atoms with E-state index in [1.54, 1.807) is 42.5 Å². The molecule has 0 atom stereocenters. The third kappa shape index (κ3) is 5.69. The van der Waals surface area contributed by atoms with E-state index in [1.807, 2.05) is 6.07 Å². The molecule has 0 fully saturated rings. The maximum absolute atomic E-state index is 12.7. The summed E-state index contributed by atoms with van der Waals surface area (Å²) in [5.74, 6) is -1.01. The van der Waals surface area contributed by atoms with Gasteiger partial charge in [0, 0.05) is 12.1 Å². The van der Waals surface area contributed by atoms with Crippen molar-refractivity contribution in [3.05, 3.63) is 88.1 Å². The van der Waals surface area contributed by atoms with Crippen molar-refractivity contribution in [2.45, 2.75) is 12.8 Å². The minimum absolute atomic E-state index is 0.142. The van der Waals surface area contributed by atoms with Crippen LogP contribution in [-0.2, 0) is 16.0 Å². The van der Waals surface area contributed by atoms with E-state index in [9.17, 15) is 14.4 Å². The molecule has 1 aliphatic rings. The summed E-state index contributed by atoms with van der Waals surface area (Å²) in [5, 5.41) is 5.81. The number of nitrogens with one attached hydrogen (secondary N) is 2. The first-order valence-corrected chi connectivity index (χ1v) is 10.2. The number of Topliss-reactive ketones (excluding diaryl/α,β-unsaturated/α-hetero) is 1. The van der Waals surface area contributed by atoms with Gasteiger partial charge in [-0.1, -0.05) is 48.0 Å².